The van der Waals surface area contributed by atoms with Gasteiger partial charge in [-0.25, -0.2) is 4.79 Å². The van der Waals surface area contributed by atoms with Crippen LogP contribution in [0.1, 0.15) is 11.1 Å². The summed E-state index contributed by atoms with van der Waals surface area (Å²) in [5.74, 6) is 0. The van der Waals surface area contributed by atoms with Gasteiger partial charge in [0.25, 0.3) is 5.56 Å². The standard InChI is InChI=1S/C13H13N3O2S/c1-15-6-5-11(17)16(13(15)18)8-9-3-2-4-10(7-9)12(14)19/h2-7H,8H2,1H3,(H2,14,19). The smallest absolute Gasteiger partial charge is 0.331 e. The van der Waals surface area contributed by atoms with Gasteiger partial charge >= 0.3 is 5.69 Å². The van der Waals surface area contributed by atoms with E-state index in [1.807, 2.05) is 6.07 Å². The molecule has 1 heterocycles. The van der Waals surface area contributed by atoms with Crippen molar-refractivity contribution in [3.05, 3.63) is 68.5 Å². The topological polar surface area (TPSA) is 70.0 Å². The maximum absolute atomic E-state index is 11.9. The Morgan fingerprint density at radius 1 is 1.32 bits per heavy atom. The van der Waals surface area contributed by atoms with Crippen molar-refractivity contribution in [3.63, 3.8) is 0 Å². The second-order valence-electron chi connectivity index (χ2n) is 4.20. The van der Waals surface area contributed by atoms with Crippen molar-refractivity contribution >= 4 is 17.2 Å². The predicted molar refractivity (Wildman–Crippen MR) is 77.4 cm³/mol. The van der Waals surface area contributed by atoms with Crippen LogP contribution in [0.2, 0.25) is 0 Å². The number of rotatable bonds is 3. The number of thiocarbonyl (C=S) groups is 1. The van der Waals surface area contributed by atoms with Crippen LogP contribution < -0.4 is 17.0 Å². The molecule has 1 aromatic carbocycles. The number of hydrogen-bond acceptors (Lipinski definition) is 3. The first-order valence-electron chi connectivity index (χ1n) is 5.64. The van der Waals surface area contributed by atoms with Crippen LogP contribution in [0.4, 0.5) is 0 Å². The highest BCUT2D eigenvalue weighted by Gasteiger charge is 2.05. The normalized spacial score (nSPS) is 10.4. The molecular weight excluding hydrogens is 262 g/mol. The fraction of sp³-hybridized carbons (Fsp3) is 0.154. The Kier molecular flexibility index (Phi) is 3.62. The van der Waals surface area contributed by atoms with Gasteiger partial charge in [0.05, 0.1) is 6.54 Å². The van der Waals surface area contributed by atoms with Gasteiger partial charge < -0.3 is 10.3 Å². The van der Waals surface area contributed by atoms with Crippen LogP contribution in [0.3, 0.4) is 0 Å². The van der Waals surface area contributed by atoms with Gasteiger partial charge in [-0.2, -0.15) is 0 Å². The van der Waals surface area contributed by atoms with Gasteiger partial charge in [0.15, 0.2) is 0 Å². The van der Waals surface area contributed by atoms with Crippen LogP contribution in [-0.2, 0) is 13.6 Å². The van der Waals surface area contributed by atoms with Gasteiger partial charge in [-0.1, -0.05) is 30.4 Å². The summed E-state index contributed by atoms with van der Waals surface area (Å²) < 4.78 is 2.53. The molecule has 0 saturated heterocycles. The minimum atomic E-state index is -0.353. The molecule has 2 rings (SSSR count). The minimum Gasteiger partial charge on any atom is -0.389 e. The molecule has 0 bridgehead atoms. The minimum absolute atomic E-state index is 0.197. The summed E-state index contributed by atoms with van der Waals surface area (Å²) >= 11 is 4.90. The number of nitrogens with zero attached hydrogens (tertiary/aromatic N) is 2. The first kappa shape index (κ1) is 13.2. The third-order valence-corrected chi connectivity index (χ3v) is 3.03. The van der Waals surface area contributed by atoms with Crippen molar-refractivity contribution in [1.82, 2.24) is 9.13 Å². The molecule has 0 atom stereocenters. The maximum atomic E-state index is 11.9. The van der Waals surface area contributed by atoms with Crippen LogP contribution in [0.25, 0.3) is 0 Å². The average Bonchev–Trinajstić information content (AvgIpc) is 2.39. The molecule has 2 N–H and O–H groups in total. The van der Waals surface area contributed by atoms with Gasteiger partial charge in [-0.3, -0.25) is 9.36 Å². The van der Waals surface area contributed by atoms with Crippen molar-refractivity contribution in [2.75, 3.05) is 0 Å². The predicted octanol–water partition coefficient (Wildman–Crippen LogP) is 0.230. The molecule has 0 amide bonds. The van der Waals surface area contributed by atoms with E-state index in [-0.39, 0.29) is 22.8 Å². The highest BCUT2D eigenvalue weighted by atomic mass is 32.1. The highest BCUT2D eigenvalue weighted by Crippen LogP contribution is 2.05. The molecule has 0 aliphatic carbocycles. The summed E-state index contributed by atoms with van der Waals surface area (Å²) in [4.78, 5) is 23.9. The summed E-state index contributed by atoms with van der Waals surface area (Å²) in [6.07, 6.45) is 1.45. The van der Waals surface area contributed by atoms with Gasteiger partial charge in [-0.05, 0) is 11.6 Å². The zero-order valence-corrected chi connectivity index (χ0v) is 11.2. The lowest BCUT2D eigenvalue weighted by Crippen LogP contribution is -2.38. The Morgan fingerprint density at radius 2 is 2.05 bits per heavy atom. The lowest BCUT2D eigenvalue weighted by Gasteiger charge is -2.07. The average molecular weight is 275 g/mol. The molecule has 19 heavy (non-hydrogen) atoms. The first-order chi connectivity index (χ1) is 8.99. The van der Waals surface area contributed by atoms with E-state index in [0.29, 0.717) is 5.56 Å². The van der Waals surface area contributed by atoms with Crippen molar-refractivity contribution in [1.29, 1.82) is 0 Å². The quantitative estimate of drug-likeness (QED) is 0.814. The Morgan fingerprint density at radius 3 is 2.74 bits per heavy atom. The summed E-state index contributed by atoms with van der Waals surface area (Å²) in [5, 5.41) is 0. The number of nitrogens with two attached hydrogens (primary N) is 1. The van der Waals surface area contributed by atoms with Crippen LogP contribution in [0, 0.1) is 0 Å². The largest absolute Gasteiger partial charge is 0.389 e. The highest BCUT2D eigenvalue weighted by molar-refractivity contribution is 7.80. The fourth-order valence-corrected chi connectivity index (χ4v) is 1.89. The maximum Gasteiger partial charge on any atom is 0.331 e. The van der Waals surface area contributed by atoms with Crippen molar-refractivity contribution < 1.29 is 0 Å². The molecule has 0 fully saturated rings. The monoisotopic (exact) mass is 275 g/mol. The molecule has 1 aromatic heterocycles. The molecule has 0 unspecified atom stereocenters. The third kappa shape index (κ3) is 2.79. The van der Waals surface area contributed by atoms with Crippen LogP contribution in [0.5, 0.6) is 0 Å². The third-order valence-electron chi connectivity index (χ3n) is 2.79. The van der Waals surface area contributed by atoms with Crippen molar-refractivity contribution in [3.8, 4) is 0 Å². The Balaban J connectivity index is 2.45. The summed E-state index contributed by atoms with van der Waals surface area (Å²) in [7, 11) is 1.60. The lowest BCUT2D eigenvalue weighted by atomic mass is 10.1. The Labute approximate surface area is 114 Å². The number of benzene rings is 1. The summed E-state index contributed by atoms with van der Waals surface area (Å²) in [6, 6.07) is 8.54. The molecule has 0 radical (unpaired) electrons. The van der Waals surface area contributed by atoms with E-state index in [1.165, 1.54) is 21.4 Å². The van der Waals surface area contributed by atoms with E-state index in [4.69, 9.17) is 18.0 Å². The number of aromatic nitrogens is 2. The van der Waals surface area contributed by atoms with Crippen molar-refractivity contribution in [2.45, 2.75) is 6.54 Å². The molecular formula is C13H13N3O2S. The second-order valence-corrected chi connectivity index (χ2v) is 4.64. The Bertz CT molecular complexity index is 746. The molecule has 2 aromatic rings. The van der Waals surface area contributed by atoms with Gasteiger partial charge in [0.2, 0.25) is 0 Å². The molecule has 6 heteroatoms. The zero-order chi connectivity index (χ0) is 14.0. The summed E-state index contributed by atoms with van der Waals surface area (Å²) in [6.45, 7) is 0.197. The first-order valence-corrected chi connectivity index (χ1v) is 6.05. The number of aryl methyl sites for hydroxylation is 1. The number of hydrogen-bond donors (Lipinski definition) is 1. The van der Waals surface area contributed by atoms with E-state index in [0.717, 1.165) is 5.56 Å². The van der Waals surface area contributed by atoms with Crippen molar-refractivity contribution in [2.24, 2.45) is 12.8 Å². The molecule has 0 aliphatic heterocycles. The van der Waals surface area contributed by atoms with Gasteiger partial charge in [0.1, 0.15) is 4.99 Å². The Hall–Kier alpha value is -2.21. The lowest BCUT2D eigenvalue weighted by molar-refractivity contribution is 0.639. The SMILES string of the molecule is Cn1ccc(=O)n(Cc2cccc(C(N)=S)c2)c1=O. The van der Waals surface area contributed by atoms with E-state index in [9.17, 15) is 9.59 Å². The fourth-order valence-electron chi connectivity index (χ4n) is 1.77. The van der Waals surface area contributed by atoms with E-state index in [2.05, 4.69) is 0 Å². The van der Waals surface area contributed by atoms with E-state index < -0.39 is 0 Å². The van der Waals surface area contributed by atoms with Gasteiger partial charge in [0, 0.05) is 24.9 Å². The van der Waals surface area contributed by atoms with Crippen LogP contribution in [0.15, 0.2) is 46.1 Å². The van der Waals surface area contributed by atoms with Crippen LogP contribution in [-0.4, -0.2) is 14.1 Å². The molecule has 0 spiro atoms. The molecule has 5 nitrogen and oxygen atoms in total. The van der Waals surface area contributed by atoms with Gasteiger partial charge in [-0.15, -0.1) is 0 Å². The van der Waals surface area contributed by atoms with E-state index >= 15 is 0 Å². The zero-order valence-electron chi connectivity index (χ0n) is 10.4. The molecule has 0 saturated carbocycles. The van der Waals surface area contributed by atoms with Crippen LogP contribution >= 0.6 is 12.2 Å². The van der Waals surface area contributed by atoms with E-state index in [1.54, 1.807) is 25.2 Å². The molecule has 0 aliphatic rings. The second kappa shape index (κ2) is 5.19. The summed E-state index contributed by atoms with van der Waals surface area (Å²) in [5.41, 5.74) is 6.39. The molecule has 98 valence electrons.